The molecule has 0 bridgehead atoms. The molecule has 1 atom stereocenters. The van der Waals surface area contributed by atoms with Gasteiger partial charge in [0.25, 0.3) is 11.8 Å². The van der Waals surface area contributed by atoms with Crippen molar-refractivity contribution in [1.82, 2.24) is 25.2 Å². The molecule has 1 saturated heterocycles. The van der Waals surface area contributed by atoms with Gasteiger partial charge in [0, 0.05) is 19.4 Å². The van der Waals surface area contributed by atoms with Gasteiger partial charge in [-0.05, 0) is 24.6 Å². The predicted molar refractivity (Wildman–Crippen MR) is 123 cm³/mol. The summed E-state index contributed by atoms with van der Waals surface area (Å²) in [5, 5.41) is 10.2. The number of carbonyl (C=O) groups excluding carboxylic acids is 4. The van der Waals surface area contributed by atoms with Crippen molar-refractivity contribution in [2.45, 2.75) is 31.8 Å². The molecule has 4 rings (SSSR count). The van der Waals surface area contributed by atoms with Gasteiger partial charge in [-0.1, -0.05) is 5.21 Å². The molecule has 13 nitrogen and oxygen atoms in total. The second-order valence-corrected chi connectivity index (χ2v) is 8.21. The molecule has 0 radical (unpaired) electrons. The summed E-state index contributed by atoms with van der Waals surface area (Å²) in [6, 6.07) is 3.61. The Hall–Kier alpha value is -3.68. The molecule has 192 valence electrons. The van der Waals surface area contributed by atoms with E-state index in [1.165, 1.54) is 12.1 Å². The molecule has 13 heteroatoms. The van der Waals surface area contributed by atoms with Crippen molar-refractivity contribution in [3.8, 4) is 5.75 Å². The maximum atomic E-state index is 12.9. The molecule has 2 aliphatic rings. The van der Waals surface area contributed by atoms with Crippen LogP contribution in [0.25, 0.3) is 0 Å². The number of nitrogens with one attached hydrogen (secondary N) is 1. The van der Waals surface area contributed by atoms with Gasteiger partial charge in [0.05, 0.1) is 62.6 Å². The summed E-state index contributed by atoms with van der Waals surface area (Å²) in [4.78, 5) is 50.2. The topological polar surface area (TPSA) is 168 Å². The molecule has 1 fully saturated rings. The Morgan fingerprint density at radius 3 is 2.56 bits per heavy atom. The highest BCUT2D eigenvalue weighted by atomic mass is 16.5. The number of nitrogens with zero attached hydrogens (tertiary/aromatic N) is 4. The summed E-state index contributed by atoms with van der Waals surface area (Å²) in [5.74, 6) is -1.78. The van der Waals surface area contributed by atoms with Gasteiger partial charge in [-0.3, -0.25) is 29.4 Å². The third-order valence-electron chi connectivity index (χ3n) is 5.82. The Labute approximate surface area is 206 Å². The second kappa shape index (κ2) is 11.8. The van der Waals surface area contributed by atoms with Crippen LogP contribution in [0.5, 0.6) is 5.75 Å². The molecule has 1 aromatic carbocycles. The third kappa shape index (κ3) is 5.75. The Bertz CT molecular complexity index is 1130. The smallest absolute Gasteiger partial charge is 0.262 e. The second-order valence-electron chi connectivity index (χ2n) is 8.21. The number of benzene rings is 1. The summed E-state index contributed by atoms with van der Waals surface area (Å²) < 4.78 is 18.3. The molecule has 1 aromatic heterocycles. The molecular formula is C23H28N6O7. The fraction of sp³-hybridized carbons (Fsp3) is 0.478. The number of fused-ring (bicyclic) bond motifs is 1. The number of imide groups is 2. The average molecular weight is 501 g/mol. The van der Waals surface area contributed by atoms with Crippen LogP contribution in [0.15, 0.2) is 24.4 Å². The van der Waals surface area contributed by atoms with Gasteiger partial charge in [0.15, 0.2) is 0 Å². The molecule has 1 unspecified atom stereocenters. The number of ether oxygens (including phenoxy) is 3. The number of rotatable bonds is 13. The lowest BCUT2D eigenvalue weighted by molar-refractivity contribution is -0.136. The van der Waals surface area contributed by atoms with Crippen LogP contribution in [0.1, 0.15) is 39.3 Å². The van der Waals surface area contributed by atoms with Crippen molar-refractivity contribution < 1.29 is 33.4 Å². The molecule has 2 aliphatic heterocycles. The highest BCUT2D eigenvalue weighted by Crippen LogP contribution is 2.30. The van der Waals surface area contributed by atoms with Crippen molar-refractivity contribution >= 4 is 23.6 Å². The van der Waals surface area contributed by atoms with Crippen molar-refractivity contribution in [1.29, 1.82) is 0 Å². The van der Waals surface area contributed by atoms with Crippen molar-refractivity contribution in [3.05, 3.63) is 41.2 Å². The van der Waals surface area contributed by atoms with Crippen LogP contribution in [0, 0.1) is 0 Å². The molecule has 0 aliphatic carbocycles. The highest BCUT2D eigenvalue weighted by Gasteiger charge is 2.44. The van der Waals surface area contributed by atoms with Gasteiger partial charge in [-0.25, -0.2) is 4.68 Å². The van der Waals surface area contributed by atoms with E-state index in [1.807, 2.05) is 0 Å². The van der Waals surface area contributed by atoms with E-state index in [-0.39, 0.29) is 24.0 Å². The third-order valence-corrected chi connectivity index (χ3v) is 5.82. The molecule has 3 N–H and O–H groups in total. The summed E-state index contributed by atoms with van der Waals surface area (Å²) in [5.41, 5.74) is 6.58. The molecule has 3 heterocycles. The first-order valence-corrected chi connectivity index (χ1v) is 11.7. The van der Waals surface area contributed by atoms with Crippen molar-refractivity contribution in [2.75, 3.05) is 39.6 Å². The number of hydrogen-bond donors (Lipinski definition) is 2. The first kappa shape index (κ1) is 25.4. The van der Waals surface area contributed by atoms with Gasteiger partial charge in [-0.2, -0.15) is 0 Å². The van der Waals surface area contributed by atoms with E-state index < -0.39 is 29.7 Å². The Morgan fingerprint density at radius 2 is 1.78 bits per heavy atom. The Kier molecular flexibility index (Phi) is 8.36. The van der Waals surface area contributed by atoms with Crippen LogP contribution in [0.3, 0.4) is 0 Å². The summed E-state index contributed by atoms with van der Waals surface area (Å²) in [6.45, 7) is 3.20. The highest BCUT2D eigenvalue weighted by molar-refractivity contribution is 6.23. The number of carbonyl (C=O) groups is 4. The van der Waals surface area contributed by atoms with Crippen molar-refractivity contribution in [2.24, 2.45) is 5.73 Å². The number of amides is 4. The molecular weight excluding hydrogens is 472 g/mol. The van der Waals surface area contributed by atoms with Gasteiger partial charge in [0.1, 0.15) is 11.8 Å². The normalized spacial score (nSPS) is 17.5. The SMILES string of the molecule is NCCOCCOCCn1nncc1CCOc1ccc2c(c1)C(=O)N(C1CCC(=O)NC1=O)C2=O. The molecule has 0 spiro atoms. The van der Waals surface area contributed by atoms with Gasteiger partial charge >= 0.3 is 0 Å². The number of aromatic nitrogens is 3. The predicted octanol–water partition coefficient (Wildman–Crippen LogP) is -0.707. The first-order chi connectivity index (χ1) is 17.5. The summed E-state index contributed by atoms with van der Waals surface area (Å²) in [7, 11) is 0. The van der Waals surface area contributed by atoms with Crippen LogP contribution < -0.4 is 15.8 Å². The monoisotopic (exact) mass is 500 g/mol. The Balaban J connectivity index is 1.28. The zero-order valence-corrected chi connectivity index (χ0v) is 19.7. The minimum atomic E-state index is -1.00. The van der Waals surface area contributed by atoms with E-state index in [2.05, 4.69) is 15.6 Å². The van der Waals surface area contributed by atoms with E-state index in [4.69, 9.17) is 19.9 Å². The number of piperidine rings is 1. The lowest BCUT2D eigenvalue weighted by Gasteiger charge is -2.27. The molecule has 2 aromatic rings. The quantitative estimate of drug-likeness (QED) is 0.265. The Morgan fingerprint density at radius 1 is 1.00 bits per heavy atom. The maximum absolute atomic E-state index is 12.9. The van der Waals surface area contributed by atoms with E-state index in [1.54, 1.807) is 16.9 Å². The fourth-order valence-corrected chi connectivity index (χ4v) is 4.03. The van der Waals surface area contributed by atoms with Gasteiger partial charge in [-0.15, -0.1) is 5.10 Å². The van der Waals surface area contributed by atoms with Gasteiger partial charge < -0.3 is 19.9 Å². The van der Waals surface area contributed by atoms with Crippen LogP contribution in [-0.4, -0.2) is 89.1 Å². The van der Waals surface area contributed by atoms with Crippen LogP contribution in [-0.2, 0) is 32.0 Å². The van der Waals surface area contributed by atoms with Gasteiger partial charge in [0.2, 0.25) is 11.8 Å². The zero-order chi connectivity index (χ0) is 25.5. The number of hydrogen-bond acceptors (Lipinski definition) is 10. The van der Waals surface area contributed by atoms with Crippen LogP contribution in [0.2, 0.25) is 0 Å². The summed E-state index contributed by atoms with van der Waals surface area (Å²) >= 11 is 0. The number of nitrogens with two attached hydrogens (primary N) is 1. The lowest BCUT2D eigenvalue weighted by atomic mass is 10.0. The maximum Gasteiger partial charge on any atom is 0.262 e. The fourth-order valence-electron chi connectivity index (χ4n) is 4.03. The minimum Gasteiger partial charge on any atom is -0.493 e. The minimum absolute atomic E-state index is 0.0684. The van der Waals surface area contributed by atoms with E-state index in [0.717, 1.165) is 10.6 Å². The lowest BCUT2D eigenvalue weighted by Crippen LogP contribution is -2.54. The molecule has 4 amide bonds. The summed E-state index contributed by atoms with van der Waals surface area (Å²) in [6.07, 6.45) is 2.34. The average Bonchev–Trinajstić information content (AvgIpc) is 3.41. The largest absolute Gasteiger partial charge is 0.493 e. The van der Waals surface area contributed by atoms with E-state index >= 15 is 0 Å². The van der Waals surface area contributed by atoms with Crippen LogP contribution in [0.4, 0.5) is 0 Å². The molecule has 0 saturated carbocycles. The van der Waals surface area contributed by atoms with E-state index in [0.29, 0.717) is 58.3 Å². The first-order valence-electron chi connectivity index (χ1n) is 11.7. The van der Waals surface area contributed by atoms with Crippen molar-refractivity contribution in [3.63, 3.8) is 0 Å². The molecule has 36 heavy (non-hydrogen) atoms. The standard InChI is InChI=1S/C23H28N6O7/c24-6-9-34-11-12-35-10-7-28-15(14-25-27-28)5-8-36-16-1-2-17-18(13-16)23(33)29(22(17)32)19-3-4-20(30)26-21(19)31/h1-2,13-14,19H,3-12,24H2,(H,26,30,31). The van der Waals surface area contributed by atoms with Crippen LogP contribution >= 0.6 is 0 Å². The zero-order valence-electron chi connectivity index (χ0n) is 19.7. The van der Waals surface area contributed by atoms with E-state index in [9.17, 15) is 19.2 Å².